The van der Waals surface area contributed by atoms with E-state index in [1.54, 1.807) is 0 Å². The first-order valence-electron chi connectivity index (χ1n) is 16.5. The molecule has 0 amide bonds. The van der Waals surface area contributed by atoms with Crippen LogP contribution in [0.2, 0.25) is 0 Å². The summed E-state index contributed by atoms with van der Waals surface area (Å²) in [6, 6.07) is 52.9. The molecule has 6 aromatic carbocycles. The van der Waals surface area contributed by atoms with Gasteiger partial charge in [0.1, 0.15) is 22.2 Å². The SMILES string of the molecule is c1ccc(-c2ccc(-c3nc(-c4ccccc4)nc(-c4cccc(-c5c6oc7ccccc7c6nc6c5oc5ccccc56)c4)n3)cc2)cc1. The molecule has 10 rings (SSSR count). The Morgan fingerprint density at radius 2 is 0.740 bits per heavy atom. The Hall–Kier alpha value is -6.92. The number of fused-ring (bicyclic) bond motifs is 6. The van der Waals surface area contributed by atoms with Gasteiger partial charge >= 0.3 is 0 Å². The largest absolute Gasteiger partial charge is 0.454 e. The van der Waals surface area contributed by atoms with E-state index in [4.69, 9.17) is 28.8 Å². The molecule has 0 atom stereocenters. The Morgan fingerprint density at radius 3 is 1.34 bits per heavy atom. The second-order valence-corrected chi connectivity index (χ2v) is 12.2. The maximum absolute atomic E-state index is 6.52. The van der Waals surface area contributed by atoms with Crippen molar-refractivity contribution in [3.8, 4) is 56.4 Å². The van der Waals surface area contributed by atoms with Crippen molar-refractivity contribution in [3.05, 3.63) is 158 Å². The highest BCUT2D eigenvalue weighted by molar-refractivity contribution is 6.18. The van der Waals surface area contributed by atoms with Gasteiger partial charge in [-0.05, 0) is 47.0 Å². The molecule has 0 saturated heterocycles. The highest BCUT2D eigenvalue weighted by Crippen LogP contribution is 2.43. The van der Waals surface area contributed by atoms with Crippen molar-refractivity contribution in [1.29, 1.82) is 0 Å². The van der Waals surface area contributed by atoms with Gasteiger partial charge in [0.15, 0.2) is 28.6 Å². The molecule has 0 spiro atoms. The van der Waals surface area contributed by atoms with Gasteiger partial charge in [-0.1, -0.05) is 127 Å². The van der Waals surface area contributed by atoms with Crippen LogP contribution in [0.15, 0.2) is 167 Å². The molecule has 0 radical (unpaired) electrons. The molecule has 0 aliphatic heterocycles. The minimum atomic E-state index is 0.568. The van der Waals surface area contributed by atoms with Crippen LogP contribution in [0.3, 0.4) is 0 Å². The van der Waals surface area contributed by atoms with E-state index in [0.29, 0.717) is 28.6 Å². The summed E-state index contributed by atoms with van der Waals surface area (Å²) in [5, 5.41) is 1.92. The number of pyridine rings is 1. The third-order valence-electron chi connectivity index (χ3n) is 9.14. The fourth-order valence-corrected chi connectivity index (χ4v) is 6.71. The molecule has 0 saturated carbocycles. The molecule has 50 heavy (non-hydrogen) atoms. The van der Waals surface area contributed by atoms with E-state index >= 15 is 0 Å². The monoisotopic (exact) mass is 642 g/mol. The van der Waals surface area contributed by atoms with Gasteiger partial charge in [-0.2, -0.15) is 0 Å². The molecule has 6 heteroatoms. The van der Waals surface area contributed by atoms with E-state index in [9.17, 15) is 0 Å². The van der Waals surface area contributed by atoms with Crippen molar-refractivity contribution < 1.29 is 8.83 Å². The predicted molar refractivity (Wildman–Crippen MR) is 199 cm³/mol. The van der Waals surface area contributed by atoms with Crippen molar-refractivity contribution in [2.45, 2.75) is 0 Å². The fraction of sp³-hybridized carbons (Fsp3) is 0. The van der Waals surface area contributed by atoms with Crippen molar-refractivity contribution in [2.75, 3.05) is 0 Å². The lowest BCUT2D eigenvalue weighted by atomic mass is 10.0. The lowest BCUT2D eigenvalue weighted by Crippen LogP contribution is -2.00. The van der Waals surface area contributed by atoms with Crippen LogP contribution in [0.1, 0.15) is 0 Å². The summed E-state index contributed by atoms with van der Waals surface area (Å²) in [7, 11) is 0. The summed E-state index contributed by atoms with van der Waals surface area (Å²) in [4.78, 5) is 20.1. The van der Waals surface area contributed by atoms with Crippen LogP contribution in [0.5, 0.6) is 0 Å². The third-order valence-corrected chi connectivity index (χ3v) is 9.14. The van der Waals surface area contributed by atoms with Crippen LogP contribution < -0.4 is 0 Å². The highest BCUT2D eigenvalue weighted by atomic mass is 16.3. The van der Waals surface area contributed by atoms with Gasteiger partial charge in [0.05, 0.1) is 5.56 Å². The van der Waals surface area contributed by atoms with Gasteiger partial charge in [0.25, 0.3) is 0 Å². The molecule has 4 aromatic heterocycles. The summed E-state index contributed by atoms with van der Waals surface area (Å²) in [6.45, 7) is 0. The highest BCUT2D eigenvalue weighted by Gasteiger charge is 2.23. The van der Waals surface area contributed by atoms with E-state index in [0.717, 1.165) is 71.9 Å². The Morgan fingerprint density at radius 1 is 0.320 bits per heavy atom. The predicted octanol–water partition coefficient (Wildman–Crippen LogP) is 11.4. The molecular weight excluding hydrogens is 617 g/mol. The van der Waals surface area contributed by atoms with Crippen molar-refractivity contribution >= 4 is 44.1 Å². The van der Waals surface area contributed by atoms with Gasteiger partial charge in [0, 0.05) is 27.5 Å². The molecule has 0 aliphatic carbocycles. The van der Waals surface area contributed by atoms with Crippen LogP contribution in [0.25, 0.3) is 101 Å². The molecule has 0 aliphatic rings. The zero-order valence-electron chi connectivity index (χ0n) is 26.6. The number of hydrogen-bond acceptors (Lipinski definition) is 6. The summed E-state index contributed by atoms with van der Waals surface area (Å²) in [6.07, 6.45) is 0. The first-order chi connectivity index (χ1) is 24.8. The second kappa shape index (κ2) is 11.4. The maximum atomic E-state index is 6.52. The molecule has 4 heterocycles. The fourth-order valence-electron chi connectivity index (χ4n) is 6.71. The minimum Gasteiger partial charge on any atom is -0.454 e. The topological polar surface area (TPSA) is 77.8 Å². The molecule has 0 bridgehead atoms. The Bertz CT molecular complexity index is 2770. The lowest BCUT2D eigenvalue weighted by Gasteiger charge is -2.10. The molecular formula is C44H26N4O2. The van der Waals surface area contributed by atoms with E-state index in [2.05, 4.69) is 48.5 Å². The van der Waals surface area contributed by atoms with Gasteiger partial charge < -0.3 is 8.83 Å². The number of furan rings is 2. The number of aromatic nitrogens is 4. The van der Waals surface area contributed by atoms with Crippen LogP contribution >= 0.6 is 0 Å². The maximum Gasteiger partial charge on any atom is 0.165 e. The van der Waals surface area contributed by atoms with E-state index in [1.807, 2.05) is 109 Å². The summed E-state index contributed by atoms with van der Waals surface area (Å²) in [5.41, 5.74) is 11.2. The first kappa shape index (κ1) is 28.1. The van der Waals surface area contributed by atoms with E-state index in [1.165, 1.54) is 0 Å². The van der Waals surface area contributed by atoms with Crippen molar-refractivity contribution in [3.63, 3.8) is 0 Å². The van der Waals surface area contributed by atoms with E-state index < -0.39 is 0 Å². The average Bonchev–Trinajstić information content (AvgIpc) is 3.75. The normalized spacial score (nSPS) is 11.6. The number of rotatable bonds is 5. The van der Waals surface area contributed by atoms with Gasteiger partial charge in [-0.15, -0.1) is 0 Å². The molecule has 0 fully saturated rings. The number of para-hydroxylation sites is 2. The first-order valence-corrected chi connectivity index (χ1v) is 16.5. The molecule has 0 unspecified atom stereocenters. The summed E-state index contributed by atoms with van der Waals surface area (Å²) < 4.78 is 13.0. The Kier molecular flexibility index (Phi) is 6.39. The second-order valence-electron chi connectivity index (χ2n) is 12.2. The molecule has 0 N–H and O–H groups in total. The standard InChI is InChI=1S/C44H26N4O2/c1-3-12-27(13-4-1)28-22-24-30(25-23-28)43-46-42(29-14-5-2-6-15-29)47-44(48-43)32-17-11-16-31(26-32)37-40-38(33-18-7-9-20-35(33)49-40)45-39-34-19-8-10-21-36(34)50-41(37)39/h1-26H. The number of benzene rings is 6. The molecule has 10 aromatic rings. The number of hydrogen-bond donors (Lipinski definition) is 0. The Balaban J connectivity index is 1.17. The minimum absolute atomic E-state index is 0.568. The number of nitrogens with zero attached hydrogens (tertiary/aromatic N) is 4. The van der Waals surface area contributed by atoms with E-state index in [-0.39, 0.29) is 0 Å². The lowest BCUT2D eigenvalue weighted by molar-refractivity contribution is 0.657. The van der Waals surface area contributed by atoms with Crippen LogP contribution in [0.4, 0.5) is 0 Å². The zero-order chi connectivity index (χ0) is 33.0. The quantitative estimate of drug-likeness (QED) is 0.186. The average molecular weight is 643 g/mol. The van der Waals surface area contributed by atoms with Gasteiger partial charge in [-0.3, -0.25) is 0 Å². The van der Waals surface area contributed by atoms with Gasteiger partial charge in [0.2, 0.25) is 0 Å². The molecule has 6 nitrogen and oxygen atoms in total. The summed E-state index contributed by atoms with van der Waals surface area (Å²) in [5.74, 6) is 1.77. The van der Waals surface area contributed by atoms with Crippen molar-refractivity contribution in [2.24, 2.45) is 0 Å². The smallest absolute Gasteiger partial charge is 0.165 e. The van der Waals surface area contributed by atoms with Crippen LogP contribution in [0, 0.1) is 0 Å². The zero-order valence-corrected chi connectivity index (χ0v) is 26.6. The summed E-state index contributed by atoms with van der Waals surface area (Å²) >= 11 is 0. The van der Waals surface area contributed by atoms with Gasteiger partial charge in [-0.25, -0.2) is 19.9 Å². The van der Waals surface area contributed by atoms with Crippen molar-refractivity contribution in [1.82, 2.24) is 19.9 Å². The van der Waals surface area contributed by atoms with Crippen LogP contribution in [-0.4, -0.2) is 19.9 Å². The van der Waals surface area contributed by atoms with Crippen LogP contribution in [-0.2, 0) is 0 Å². The Labute approximate surface area is 286 Å². The third kappa shape index (κ3) is 4.65. The molecule has 234 valence electrons.